The number of carbonyl (C=O) groups is 3. The molecule has 5 rings (SSSR count). The predicted molar refractivity (Wildman–Crippen MR) is 141 cm³/mol. The van der Waals surface area contributed by atoms with Crippen molar-refractivity contribution < 1.29 is 32.3 Å². The lowest BCUT2D eigenvalue weighted by atomic mass is 9.32. The van der Waals surface area contributed by atoms with E-state index in [9.17, 15) is 32.8 Å². The molecule has 0 aliphatic heterocycles. The second-order valence-electron chi connectivity index (χ2n) is 15.3. The monoisotopic (exact) mass is 561 g/mol. The largest absolute Gasteiger partial charge is 0.490 e. The highest BCUT2D eigenvalue weighted by molar-refractivity contribution is 6.01. The van der Waals surface area contributed by atoms with Gasteiger partial charge in [0, 0.05) is 23.7 Å². The molecule has 8 heteroatoms. The standard InChI is InChI=1S/C32H42F3NO4/c1-18-20-7-8-29(5)23(28(20,4)14-19(16-36)25(18)38)13-22(37)24-21-15-27(2,3)9-11-31(21,12-10-30(24,29)6)17-40-26(39)32(33,34)35/h14,18,20-21,23-24H,7-13,15,17H2,1-6H3/t18-,20-,21?,23+,24?,28-,29+,30+,31+/m0/s1. The van der Waals surface area contributed by atoms with Gasteiger partial charge in [0.05, 0.1) is 12.2 Å². The van der Waals surface area contributed by atoms with E-state index in [-0.39, 0.29) is 64.2 Å². The van der Waals surface area contributed by atoms with Crippen LogP contribution in [-0.4, -0.2) is 30.3 Å². The van der Waals surface area contributed by atoms with Gasteiger partial charge in [0.15, 0.2) is 5.78 Å². The normalized spacial score (nSPS) is 46.1. The number of carbonyl (C=O) groups excluding carboxylic acids is 3. The number of allylic oxidation sites excluding steroid dienone is 2. The first kappa shape index (κ1) is 29.3. The Balaban J connectivity index is 1.56. The van der Waals surface area contributed by atoms with Crippen LogP contribution in [0.4, 0.5) is 13.2 Å². The van der Waals surface area contributed by atoms with Crippen molar-refractivity contribution in [3.63, 3.8) is 0 Å². The van der Waals surface area contributed by atoms with E-state index < -0.39 is 28.4 Å². The van der Waals surface area contributed by atoms with E-state index in [1.54, 1.807) is 0 Å². The predicted octanol–water partition coefficient (Wildman–Crippen LogP) is 7.00. The van der Waals surface area contributed by atoms with Crippen molar-refractivity contribution >= 4 is 17.5 Å². The van der Waals surface area contributed by atoms with Crippen LogP contribution in [0.5, 0.6) is 0 Å². The van der Waals surface area contributed by atoms with Crippen LogP contribution in [0.2, 0.25) is 0 Å². The minimum atomic E-state index is -5.05. The van der Waals surface area contributed by atoms with E-state index in [2.05, 4.69) is 40.7 Å². The van der Waals surface area contributed by atoms with Gasteiger partial charge < -0.3 is 4.74 Å². The van der Waals surface area contributed by atoms with Gasteiger partial charge >= 0.3 is 12.1 Å². The van der Waals surface area contributed by atoms with E-state index in [1.807, 2.05) is 13.0 Å². The summed E-state index contributed by atoms with van der Waals surface area (Å²) in [4.78, 5) is 39.1. The summed E-state index contributed by atoms with van der Waals surface area (Å²) in [6, 6.07) is 2.12. The Morgan fingerprint density at radius 2 is 1.68 bits per heavy atom. The van der Waals surface area contributed by atoms with Crippen LogP contribution in [0.1, 0.15) is 92.9 Å². The highest BCUT2D eigenvalue weighted by atomic mass is 19.4. The van der Waals surface area contributed by atoms with Crippen molar-refractivity contribution in [2.45, 2.75) is 99.1 Å². The molecule has 220 valence electrons. The molecule has 9 atom stereocenters. The fourth-order valence-electron chi connectivity index (χ4n) is 10.6. The molecule has 0 aromatic rings. The number of hydrogen-bond donors (Lipinski definition) is 0. The van der Waals surface area contributed by atoms with E-state index in [0.29, 0.717) is 32.1 Å². The molecule has 4 fully saturated rings. The van der Waals surface area contributed by atoms with Crippen molar-refractivity contribution in [3.05, 3.63) is 11.6 Å². The number of nitriles is 1. The third kappa shape index (κ3) is 3.96. The summed E-state index contributed by atoms with van der Waals surface area (Å²) in [6.07, 6.45) is 2.24. The minimum Gasteiger partial charge on any atom is -0.458 e. The van der Waals surface area contributed by atoms with Crippen molar-refractivity contribution in [2.75, 3.05) is 6.61 Å². The van der Waals surface area contributed by atoms with Crippen LogP contribution in [0.15, 0.2) is 11.6 Å². The molecule has 0 bridgehead atoms. The van der Waals surface area contributed by atoms with Gasteiger partial charge in [0.25, 0.3) is 0 Å². The highest BCUT2D eigenvalue weighted by Crippen LogP contribution is 2.75. The molecule has 0 aromatic heterocycles. The first-order chi connectivity index (χ1) is 18.4. The molecule has 40 heavy (non-hydrogen) atoms. The van der Waals surface area contributed by atoms with Crippen LogP contribution >= 0.6 is 0 Å². The quantitative estimate of drug-likeness (QED) is 0.339. The van der Waals surface area contributed by atoms with Gasteiger partial charge in [-0.15, -0.1) is 0 Å². The molecule has 2 unspecified atom stereocenters. The van der Waals surface area contributed by atoms with Crippen molar-refractivity contribution in [1.82, 2.24) is 0 Å². The maximum absolute atomic E-state index is 14.4. The number of nitrogens with zero attached hydrogens (tertiary/aromatic N) is 1. The Morgan fingerprint density at radius 3 is 2.30 bits per heavy atom. The molecule has 0 heterocycles. The molecule has 0 aromatic carbocycles. The van der Waals surface area contributed by atoms with E-state index in [4.69, 9.17) is 4.74 Å². The molecule has 0 spiro atoms. The molecule has 0 amide bonds. The number of hydrogen-bond acceptors (Lipinski definition) is 5. The average Bonchev–Trinajstić information content (AvgIpc) is 2.86. The van der Waals surface area contributed by atoms with Crippen molar-refractivity contribution in [2.24, 2.45) is 56.7 Å². The zero-order valence-corrected chi connectivity index (χ0v) is 24.5. The molecule has 4 saturated carbocycles. The van der Waals surface area contributed by atoms with Gasteiger partial charge in [-0.05, 0) is 84.4 Å². The second kappa shape index (κ2) is 8.91. The molecule has 0 saturated heterocycles. The summed E-state index contributed by atoms with van der Waals surface area (Å²) >= 11 is 0. The Hall–Kier alpha value is -2.17. The number of ketones is 2. The van der Waals surface area contributed by atoms with E-state index >= 15 is 0 Å². The third-order valence-corrected chi connectivity index (χ3v) is 13.0. The van der Waals surface area contributed by atoms with Gasteiger partial charge in [-0.1, -0.05) is 47.6 Å². The second-order valence-corrected chi connectivity index (χ2v) is 15.3. The number of Topliss-reactive ketones (excluding diaryl/α,β-unsaturated/α-hetero) is 2. The summed E-state index contributed by atoms with van der Waals surface area (Å²) < 4.78 is 44.2. The summed E-state index contributed by atoms with van der Waals surface area (Å²) in [6.45, 7) is 12.5. The Morgan fingerprint density at radius 1 is 1.02 bits per heavy atom. The Kier molecular flexibility index (Phi) is 6.54. The van der Waals surface area contributed by atoms with Gasteiger partial charge in [0.2, 0.25) is 0 Å². The zero-order valence-electron chi connectivity index (χ0n) is 24.5. The molecule has 0 radical (unpaired) electrons. The molecular weight excluding hydrogens is 519 g/mol. The lowest BCUT2D eigenvalue weighted by Gasteiger charge is -2.71. The fourth-order valence-corrected chi connectivity index (χ4v) is 10.6. The van der Waals surface area contributed by atoms with Crippen molar-refractivity contribution in [3.8, 4) is 6.07 Å². The Bertz CT molecular complexity index is 1220. The van der Waals surface area contributed by atoms with Gasteiger partial charge in [-0.25, -0.2) is 4.79 Å². The number of fused-ring (bicyclic) bond motifs is 7. The summed E-state index contributed by atoms with van der Waals surface area (Å²) in [7, 11) is 0. The number of esters is 1. The number of ether oxygens (including phenoxy) is 1. The van der Waals surface area contributed by atoms with E-state index in [1.165, 1.54) is 0 Å². The topological polar surface area (TPSA) is 84.2 Å². The maximum Gasteiger partial charge on any atom is 0.490 e. The first-order valence-electron chi connectivity index (χ1n) is 14.8. The van der Waals surface area contributed by atoms with Gasteiger partial charge in [-0.2, -0.15) is 18.4 Å². The van der Waals surface area contributed by atoms with Crippen molar-refractivity contribution in [1.29, 1.82) is 5.26 Å². The SMILES string of the molecule is C[C@@H]1C(=O)C(C#N)=C[C@]2(C)[C@H]3CC(=O)C4C5CC(C)(C)CC[C@]5(COC(=O)C(F)(F)F)CC[C@@]4(C)[C@]3(C)CC[C@@H]12. The summed E-state index contributed by atoms with van der Waals surface area (Å²) in [5, 5.41) is 9.77. The summed E-state index contributed by atoms with van der Waals surface area (Å²) in [5.41, 5.74) is -1.67. The van der Waals surface area contributed by atoms with Crippen LogP contribution in [0.25, 0.3) is 0 Å². The number of rotatable bonds is 2. The van der Waals surface area contributed by atoms with Crippen LogP contribution in [0, 0.1) is 68.0 Å². The summed E-state index contributed by atoms with van der Waals surface area (Å²) in [5.74, 6) is -2.92. The number of alkyl halides is 3. The van der Waals surface area contributed by atoms with Crippen LogP contribution in [0.3, 0.4) is 0 Å². The molecular formula is C32H42F3NO4. The van der Waals surface area contributed by atoms with Gasteiger partial charge in [-0.3, -0.25) is 9.59 Å². The molecule has 0 N–H and O–H groups in total. The van der Waals surface area contributed by atoms with E-state index in [0.717, 1.165) is 19.3 Å². The third-order valence-electron chi connectivity index (χ3n) is 13.0. The average molecular weight is 562 g/mol. The number of halogens is 3. The first-order valence-corrected chi connectivity index (χ1v) is 14.8. The van der Waals surface area contributed by atoms with Crippen LogP contribution < -0.4 is 0 Å². The minimum absolute atomic E-state index is 0.0430. The fraction of sp³-hybridized carbons (Fsp3) is 0.812. The zero-order chi connectivity index (χ0) is 29.7. The molecule has 5 nitrogen and oxygen atoms in total. The Labute approximate surface area is 235 Å². The molecule has 5 aliphatic rings. The lowest BCUT2D eigenvalue weighted by Crippen LogP contribution is -2.68. The van der Waals surface area contributed by atoms with Gasteiger partial charge in [0.1, 0.15) is 11.9 Å². The highest BCUT2D eigenvalue weighted by Gasteiger charge is 2.71. The van der Waals surface area contributed by atoms with Crippen LogP contribution in [-0.2, 0) is 19.1 Å². The smallest absolute Gasteiger partial charge is 0.458 e. The molecule has 5 aliphatic carbocycles. The maximum atomic E-state index is 14.4. The lowest BCUT2D eigenvalue weighted by molar-refractivity contribution is -0.231.